The molecule has 1 heterocycles. The van der Waals surface area contributed by atoms with E-state index in [-0.39, 0.29) is 16.6 Å². The first kappa shape index (κ1) is 15.0. The number of hydrogen-bond acceptors (Lipinski definition) is 3. The Hall–Kier alpha value is -1.43. The average Bonchev–Trinajstić information content (AvgIpc) is 2.41. The number of para-hydroxylation sites is 1. The van der Waals surface area contributed by atoms with Crippen LogP contribution in [-0.2, 0) is 0 Å². The van der Waals surface area contributed by atoms with Crippen molar-refractivity contribution in [3.05, 3.63) is 57.3 Å². The van der Waals surface area contributed by atoms with Crippen molar-refractivity contribution < 1.29 is 9.90 Å². The number of halogens is 2. The van der Waals surface area contributed by atoms with Crippen molar-refractivity contribution in [2.45, 2.75) is 13.0 Å². The molecule has 1 amide bonds. The predicted octanol–water partition coefficient (Wildman–Crippen LogP) is 3.80. The van der Waals surface area contributed by atoms with Gasteiger partial charge in [-0.3, -0.25) is 4.79 Å². The lowest BCUT2D eigenvalue weighted by molar-refractivity contribution is 0.102. The summed E-state index contributed by atoms with van der Waals surface area (Å²) in [6.45, 7) is 1.64. The smallest absolute Gasteiger partial charge is 0.258 e. The lowest BCUT2D eigenvalue weighted by Gasteiger charge is -2.13. The Balaban J connectivity index is 2.31. The third kappa shape index (κ3) is 3.36. The topological polar surface area (TPSA) is 62.2 Å². The van der Waals surface area contributed by atoms with Crippen LogP contribution in [0.1, 0.15) is 28.9 Å². The van der Waals surface area contributed by atoms with E-state index in [0.29, 0.717) is 15.7 Å². The molecule has 2 aromatic rings. The SMILES string of the molecule is CC(O)c1ccccc1NC(=O)c1cc(Br)cnc1Cl. The summed E-state index contributed by atoms with van der Waals surface area (Å²) in [5.41, 5.74) is 1.45. The van der Waals surface area contributed by atoms with Gasteiger partial charge in [-0.05, 0) is 35.0 Å². The molecule has 0 bridgehead atoms. The standard InChI is InChI=1S/C14H12BrClN2O2/c1-8(19)10-4-2-3-5-12(10)18-14(20)11-6-9(15)7-17-13(11)16/h2-8,19H,1H3,(H,18,20). The van der Waals surface area contributed by atoms with Gasteiger partial charge in [0.05, 0.1) is 11.7 Å². The fourth-order valence-electron chi connectivity index (χ4n) is 1.75. The molecule has 1 aromatic carbocycles. The van der Waals surface area contributed by atoms with Gasteiger partial charge in [-0.15, -0.1) is 0 Å². The van der Waals surface area contributed by atoms with Gasteiger partial charge in [0.25, 0.3) is 5.91 Å². The normalized spacial score (nSPS) is 12.0. The van der Waals surface area contributed by atoms with Gasteiger partial charge < -0.3 is 10.4 Å². The Morgan fingerprint density at radius 2 is 2.15 bits per heavy atom. The summed E-state index contributed by atoms with van der Waals surface area (Å²) in [7, 11) is 0. The monoisotopic (exact) mass is 354 g/mol. The number of hydrogen-bond donors (Lipinski definition) is 2. The number of nitrogens with zero attached hydrogens (tertiary/aromatic N) is 1. The summed E-state index contributed by atoms with van der Waals surface area (Å²) >= 11 is 9.16. The summed E-state index contributed by atoms with van der Waals surface area (Å²) in [5.74, 6) is -0.378. The van der Waals surface area contributed by atoms with E-state index in [1.165, 1.54) is 6.20 Å². The maximum Gasteiger partial charge on any atom is 0.258 e. The molecule has 104 valence electrons. The van der Waals surface area contributed by atoms with Crippen molar-refractivity contribution in [1.29, 1.82) is 0 Å². The molecule has 0 fully saturated rings. The summed E-state index contributed by atoms with van der Waals surface area (Å²) in [6, 6.07) is 8.64. The molecule has 2 N–H and O–H groups in total. The summed E-state index contributed by atoms with van der Waals surface area (Å²) in [6.07, 6.45) is 0.839. The van der Waals surface area contributed by atoms with Crippen LogP contribution in [0.25, 0.3) is 0 Å². The summed E-state index contributed by atoms with van der Waals surface area (Å²) < 4.78 is 0.663. The van der Waals surface area contributed by atoms with Gasteiger partial charge in [0, 0.05) is 21.9 Å². The molecule has 1 aromatic heterocycles. The number of carbonyl (C=O) groups is 1. The largest absolute Gasteiger partial charge is 0.389 e. The van der Waals surface area contributed by atoms with Crippen LogP contribution in [0.2, 0.25) is 5.15 Å². The third-order valence-corrected chi connectivity index (χ3v) is 3.44. The molecule has 0 saturated carbocycles. The molecule has 20 heavy (non-hydrogen) atoms. The number of amides is 1. The molecule has 1 unspecified atom stereocenters. The molecule has 0 spiro atoms. The Labute approximate surface area is 129 Å². The molecule has 1 atom stereocenters. The molecular weight excluding hydrogens is 344 g/mol. The van der Waals surface area contributed by atoms with E-state index in [1.54, 1.807) is 37.3 Å². The van der Waals surface area contributed by atoms with Crippen LogP contribution in [-0.4, -0.2) is 16.0 Å². The van der Waals surface area contributed by atoms with Crippen LogP contribution in [0.4, 0.5) is 5.69 Å². The molecule has 4 nitrogen and oxygen atoms in total. The number of benzene rings is 1. The number of carbonyl (C=O) groups excluding carboxylic acids is 1. The van der Waals surface area contributed by atoms with Crippen molar-refractivity contribution >= 4 is 39.1 Å². The highest BCUT2D eigenvalue weighted by molar-refractivity contribution is 9.10. The minimum atomic E-state index is -0.678. The second-order valence-corrected chi connectivity index (χ2v) is 5.48. The maximum absolute atomic E-state index is 12.2. The highest BCUT2D eigenvalue weighted by Crippen LogP contribution is 2.24. The number of aliphatic hydroxyl groups is 1. The first-order chi connectivity index (χ1) is 9.49. The molecule has 0 aliphatic rings. The van der Waals surface area contributed by atoms with E-state index in [4.69, 9.17) is 11.6 Å². The van der Waals surface area contributed by atoms with E-state index < -0.39 is 6.10 Å². The predicted molar refractivity (Wildman–Crippen MR) is 82.0 cm³/mol. The van der Waals surface area contributed by atoms with Gasteiger partial charge in [0.15, 0.2) is 0 Å². The average molecular weight is 356 g/mol. The lowest BCUT2D eigenvalue weighted by atomic mass is 10.1. The highest BCUT2D eigenvalue weighted by Gasteiger charge is 2.15. The quantitative estimate of drug-likeness (QED) is 0.823. The van der Waals surface area contributed by atoms with Gasteiger partial charge in [-0.1, -0.05) is 29.8 Å². The van der Waals surface area contributed by atoms with Crippen LogP contribution in [0.5, 0.6) is 0 Å². The zero-order valence-electron chi connectivity index (χ0n) is 10.6. The van der Waals surface area contributed by atoms with Crippen LogP contribution >= 0.6 is 27.5 Å². The number of aromatic nitrogens is 1. The second-order valence-electron chi connectivity index (χ2n) is 4.21. The lowest BCUT2D eigenvalue weighted by Crippen LogP contribution is -2.15. The van der Waals surface area contributed by atoms with Crippen molar-refractivity contribution in [3.63, 3.8) is 0 Å². The first-order valence-corrected chi connectivity index (χ1v) is 7.05. The Bertz CT molecular complexity index is 647. The molecule has 0 saturated heterocycles. The zero-order chi connectivity index (χ0) is 14.7. The van der Waals surface area contributed by atoms with Gasteiger partial charge in [0.1, 0.15) is 5.15 Å². The van der Waals surface area contributed by atoms with E-state index in [9.17, 15) is 9.90 Å². The minimum absolute atomic E-state index is 0.125. The number of nitrogens with one attached hydrogen (secondary N) is 1. The minimum Gasteiger partial charge on any atom is -0.389 e. The molecule has 0 aliphatic heterocycles. The van der Waals surface area contributed by atoms with Crippen molar-refractivity contribution in [2.24, 2.45) is 0 Å². The van der Waals surface area contributed by atoms with Crippen LogP contribution in [0.3, 0.4) is 0 Å². The van der Waals surface area contributed by atoms with Gasteiger partial charge in [-0.2, -0.15) is 0 Å². The molecule has 2 rings (SSSR count). The summed E-state index contributed by atoms with van der Waals surface area (Å²) in [5, 5.41) is 12.5. The third-order valence-electron chi connectivity index (χ3n) is 2.71. The van der Waals surface area contributed by atoms with Crippen molar-refractivity contribution in [3.8, 4) is 0 Å². The number of pyridine rings is 1. The molecule has 6 heteroatoms. The maximum atomic E-state index is 12.2. The fourth-order valence-corrected chi connectivity index (χ4v) is 2.27. The first-order valence-electron chi connectivity index (χ1n) is 5.88. The van der Waals surface area contributed by atoms with Crippen LogP contribution in [0, 0.1) is 0 Å². The van der Waals surface area contributed by atoms with E-state index in [0.717, 1.165) is 0 Å². The zero-order valence-corrected chi connectivity index (χ0v) is 12.9. The Morgan fingerprint density at radius 3 is 2.85 bits per heavy atom. The van der Waals surface area contributed by atoms with Gasteiger partial charge >= 0.3 is 0 Å². The van der Waals surface area contributed by atoms with Gasteiger partial charge in [-0.25, -0.2) is 4.98 Å². The Morgan fingerprint density at radius 1 is 1.45 bits per heavy atom. The fraction of sp³-hybridized carbons (Fsp3) is 0.143. The number of anilines is 1. The van der Waals surface area contributed by atoms with E-state index >= 15 is 0 Å². The second kappa shape index (κ2) is 6.35. The number of aliphatic hydroxyl groups excluding tert-OH is 1. The highest BCUT2D eigenvalue weighted by atomic mass is 79.9. The van der Waals surface area contributed by atoms with Gasteiger partial charge in [0.2, 0.25) is 0 Å². The van der Waals surface area contributed by atoms with E-state index in [2.05, 4.69) is 26.2 Å². The van der Waals surface area contributed by atoms with E-state index in [1.807, 2.05) is 0 Å². The molecule has 0 radical (unpaired) electrons. The number of rotatable bonds is 3. The summed E-state index contributed by atoms with van der Waals surface area (Å²) in [4.78, 5) is 16.1. The van der Waals surface area contributed by atoms with Crippen molar-refractivity contribution in [2.75, 3.05) is 5.32 Å². The van der Waals surface area contributed by atoms with Crippen LogP contribution < -0.4 is 5.32 Å². The van der Waals surface area contributed by atoms with Crippen molar-refractivity contribution in [1.82, 2.24) is 4.98 Å². The Kier molecular flexibility index (Phi) is 4.75. The molecular formula is C14H12BrClN2O2. The van der Waals surface area contributed by atoms with Crippen LogP contribution in [0.15, 0.2) is 41.0 Å². The molecule has 0 aliphatic carbocycles.